The Morgan fingerprint density at radius 1 is 0.683 bits per heavy atom. The number of unbranched alkanes of at least 4 members (excludes halogenated alkanes) is 17. The molecule has 0 amide bonds. The lowest BCUT2D eigenvalue weighted by Crippen LogP contribution is -2.34. The quantitative estimate of drug-likeness (QED) is 0.0414. The summed E-state index contributed by atoms with van der Waals surface area (Å²) in [5, 5.41) is 8.81. The minimum absolute atomic E-state index is 0.0230. The number of phosphoric acid groups is 1. The van der Waals surface area contributed by atoms with Gasteiger partial charge in [0.1, 0.15) is 12.1 Å². The Morgan fingerprint density at radius 3 is 1.61 bits per heavy atom. The van der Waals surface area contributed by atoms with Gasteiger partial charge in [0.25, 0.3) is 0 Å². The van der Waals surface area contributed by atoms with E-state index in [1.807, 2.05) is 0 Å². The van der Waals surface area contributed by atoms with E-state index in [4.69, 9.17) is 24.8 Å². The van der Waals surface area contributed by atoms with Gasteiger partial charge in [-0.1, -0.05) is 123 Å². The van der Waals surface area contributed by atoms with Crippen molar-refractivity contribution in [2.75, 3.05) is 26.4 Å². The fraction of sp³-hybridized carbons (Fsp3) is 0.933. The number of hydrogen-bond donors (Lipinski definition) is 3. The molecular formula is C30H60NO9P. The minimum Gasteiger partial charge on any atom is -0.480 e. The van der Waals surface area contributed by atoms with Crippen LogP contribution >= 0.6 is 7.82 Å². The normalized spacial score (nSPS) is 14.4. The second-order valence-corrected chi connectivity index (χ2v) is 12.4. The van der Waals surface area contributed by atoms with Gasteiger partial charge in [-0.25, -0.2) is 4.57 Å². The molecule has 0 radical (unpaired) electrons. The summed E-state index contributed by atoms with van der Waals surface area (Å²) >= 11 is 0. The molecule has 0 aliphatic carbocycles. The van der Waals surface area contributed by atoms with Crippen LogP contribution in [0.15, 0.2) is 0 Å². The van der Waals surface area contributed by atoms with Crippen molar-refractivity contribution in [3.63, 3.8) is 0 Å². The zero-order valence-corrected chi connectivity index (χ0v) is 26.8. The number of carbonyl (C=O) groups excluding carboxylic acids is 1. The molecule has 0 heterocycles. The Labute approximate surface area is 249 Å². The Kier molecular flexibility index (Phi) is 27.1. The molecule has 0 bridgehead atoms. The molecular weight excluding hydrogens is 549 g/mol. The van der Waals surface area contributed by atoms with Crippen LogP contribution in [-0.2, 0) is 32.7 Å². The predicted molar refractivity (Wildman–Crippen MR) is 162 cm³/mol. The van der Waals surface area contributed by atoms with Crippen molar-refractivity contribution in [2.45, 2.75) is 154 Å². The number of phosphoric ester groups is 1. The fourth-order valence-corrected chi connectivity index (χ4v) is 5.09. The fourth-order valence-electron chi connectivity index (χ4n) is 4.31. The SMILES string of the molecule is CCCCCCCCCCCCCC(=O)OC(COCCCCCCCCCC)COP(=O)(O)OCC(N)C(=O)O. The lowest BCUT2D eigenvalue weighted by atomic mass is 10.1. The van der Waals surface area contributed by atoms with Gasteiger partial charge in [0.15, 0.2) is 0 Å². The first kappa shape index (κ1) is 40.0. The lowest BCUT2D eigenvalue weighted by Gasteiger charge is -2.20. The van der Waals surface area contributed by atoms with Crippen LogP contribution in [0.1, 0.15) is 142 Å². The number of ether oxygens (including phenoxy) is 2. The molecule has 0 saturated heterocycles. The number of aliphatic carboxylic acids is 1. The van der Waals surface area contributed by atoms with Gasteiger partial charge in [-0.05, 0) is 12.8 Å². The van der Waals surface area contributed by atoms with Crippen molar-refractivity contribution in [3.8, 4) is 0 Å². The number of esters is 1. The van der Waals surface area contributed by atoms with Crippen LogP contribution in [0.4, 0.5) is 0 Å². The van der Waals surface area contributed by atoms with Gasteiger partial charge in [-0.15, -0.1) is 0 Å². The monoisotopic (exact) mass is 609 g/mol. The summed E-state index contributed by atoms with van der Waals surface area (Å²) in [6, 6.07) is -1.46. The second kappa shape index (κ2) is 27.8. The minimum atomic E-state index is -4.59. The highest BCUT2D eigenvalue weighted by Crippen LogP contribution is 2.43. The van der Waals surface area contributed by atoms with Crippen LogP contribution in [0.5, 0.6) is 0 Å². The second-order valence-electron chi connectivity index (χ2n) is 11.0. The van der Waals surface area contributed by atoms with Crippen molar-refractivity contribution in [2.24, 2.45) is 5.73 Å². The third kappa shape index (κ3) is 27.5. The lowest BCUT2D eigenvalue weighted by molar-refractivity contribution is -0.154. The van der Waals surface area contributed by atoms with Crippen LogP contribution in [0.25, 0.3) is 0 Å². The van der Waals surface area contributed by atoms with E-state index < -0.39 is 45.1 Å². The molecule has 0 aromatic heterocycles. The molecule has 10 nitrogen and oxygen atoms in total. The van der Waals surface area contributed by atoms with Crippen molar-refractivity contribution < 1.29 is 42.7 Å². The molecule has 0 fully saturated rings. The topological polar surface area (TPSA) is 155 Å². The van der Waals surface area contributed by atoms with Gasteiger partial charge in [-0.3, -0.25) is 18.6 Å². The first-order valence-corrected chi connectivity index (χ1v) is 17.6. The van der Waals surface area contributed by atoms with Gasteiger partial charge >= 0.3 is 19.8 Å². The predicted octanol–water partition coefficient (Wildman–Crippen LogP) is 7.30. The summed E-state index contributed by atoms with van der Waals surface area (Å²) in [6.07, 6.45) is 21.7. The molecule has 4 N–H and O–H groups in total. The number of carboxylic acid groups (broad SMARTS) is 1. The standard InChI is InChI=1S/C30H60NO9P/c1-3-5-7-9-11-13-14-15-16-18-20-22-29(32)40-27(24-37-23-21-19-17-12-10-8-6-4-2)25-38-41(35,36)39-26-28(31)30(33)34/h27-28H,3-26,31H2,1-2H3,(H,33,34)(H,35,36). The van der Waals surface area contributed by atoms with Gasteiger partial charge in [0.2, 0.25) is 0 Å². The Bertz CT molecular complexity index is 680. The number of carboxylic acids is 1. The summed E-state index contributed by atoms with van der Waals surface area (Å²) < 4.78 is 32.9. The molecule has 3 atom stereocenters. The summed E-state index contributed by atoms with van der Waals surface area (Å²) in [4.78, 5) is 33.1. The Morgan fingerprint density at radius 2 is 1.12 bits per heavy atom. The van der Waals surface area contributed by atoms with E-state index in [0.717, 1.165) is 38.5 Å². The van der Waals surface area contributed by atoms with Crippen molar-refractivity contribution >= 4 is 19.8 Å². The van der Waals surface area contributed by atoms with Crippen LogP contribution in [0.2, 0.25) is 0 Å². The summed E-state index contributed by atoms with van der Waals surface area (Å²) in [7, 11) is -4.59. The molecule has 3 unspecified atom stereocenters. The molecule has 244 valence electrons. The maximum atomic E-state index is 12.4. The van der Waals surface area contributed by atoms with E-state index in [9.17, 15) is 19.0 Å². The number of hydrogen-bond acceptors (Lipinski definition) is 8. The number of rotatable bonds is 31. The summed E-state index contributed by atoms with van der Waals surface area (Å²) in [5.41, 5.74) is 5.30. The molecule has 0 aromatic carbocycles. The number of carbonyl (C=O) groups is 2. The van der Waals surface area contributed by atoms with Gasteiger partial charge in [0.05, 0.1) is 19.8 Å². The smallest absolute Gasteiger partial charge is 0.472 e. The molecule has 0 aromatic rings. The van der Waals surface area contributed by atoms with Crippen molar-refractivity contribution in [1.82, 2.24) is 0 Å². The van der Waals surface area contributed by atoms with E-state index >= 15 is 0 Å². The third-order valence-corrected chi connectivity index (χ3v) is 7.84. The van der Waals surface area contributed by atoms with Gasteiger partial charge < -0.3 is 25.2 Å². The van der Waals surface area contributed by atoms with E-state index in [1.165, 1.54) is 83.5 Å². The summed E-state index contributed by atoms with van der Waals surface area (Å²) in [5.74, 6) is -1.78. The highest BCUT2D eigenvalue weighted by Gasteiger charge is 2.27. The third-order valence-electron chi connectivity index (χ3n) is 6.89. The molecule has 0 aliphatic heterocycles. The van der Waals surface area contributed by atoms with E-state index in [-0.39, 0.29) is 13.0 Å². The zero-order chi connectivity index (χ0) is 30.6. The molecule has 0 aliphatic rings. The average Bonchev–Trinajstić information content (AvgIpc) is 2.94. The van der Waals surface area contributed by atoms with Crippen LogP contribution in [0, 0.1) is 0 Å². The van der Waals surface area contributed by atoms with E-state index in [2.05, 4.69) is 18.4 Å². The molecule has 0 rings (SSSR count). The van der Waals surface area contributed by atoms with Crippen molar-refractivity contribution in [1.29, 1.82) is 0 Å². The Hall–Kier alpha value is -1.03. The van der Waals surface area contributed by atoms with Crippen LogP contribution in [0.3, 0.4) is 0 Å². The first-order chi connectivity index (χ1) is 19.7. The van der Waals surface area contributed by atoms with Gasteiger partial charge in [-0.2, -0.15) is 0 Å². The van der Waals surface area contributed by atoms with E-state index in [1.54, 1.807) is 0 Å². The zero-order valence-electron chi connectivity index (χ0n) is 25.9. The first-order valence-electron chi connectivity index (χ1n) is 16.1. The highest BCUT2D eigenvalue weighted by atomic mass is 31.2. The van der Waals surface area contributed by atoms with Gasteiger partial charge in [0, 0.05) is 13.0 Å². The molecule has 11 heteroatoms. The van der Waals surface area contributed by atoms with Crippen molar-refractivity contribution in [3.05, 3.63) is 0 Å². The van der Waals surface area contributed by atoms with Crippen LogP contribution in [-0.4, -0.2) is 60.5 Å². The summed E-state index contributed by atoms with van der Waals surface area (Å²) in [6.45, 7) is 3.83. The Balaban J connectivity index is 4.36. The maximum absolute atomic E-state index is 12.4. The average molecular weight is 610 g/mol. The largest absolute Gasteiger partial charge is 0.480 e. The molecule has 0 spiro atoms. The molecule has 0 saturated carbocycles. The highest BCUT2D eigenvalue weighted by molar-refractivity contribution is 7.47. The maximum Gasteiger partial charge on any atom is 0.472 e. The van der Waals surface area contributed by atoms with E-state index in [0.29, 0.717) is 6.61 Å². The number of nitrogens with two attached hydrogens (primary N) is 1. The molecule has 41 heavy (non-hydrogen) atoms. The van der Waals surface area contributed by atoms with Crippen LogP contribution < -0.4 is 5.73 Å².